The molecule has 0 unspecified atom stereocenters. The summed E-state index contributed by atoms with van der Waals surface area (Å²) in [6, 6.07) is 81.8. The lowest BCUT2D eigenvalue weighted by Gasteiger charge is -2.34. The largest absolute Gasteiger partial charge is 0.455 e. The number of fused-ring (bicyclic) bond motifs is 9. The standard InChI is InChI=1S/C57H37NO/c1-3-18-42(19-4-1)57(43-20-5-2-6-21-43)51-26-12-11-23-50(51)54-52(57)27-14-28-53(54)58(45-35-29-38-15-7-8-17-41(38)37-45)44-33-30-40(31-34-44)47-24-13-25-48-49-36-32-39-16-9-10-22-46(39)56(49)59-55(47)48/h1-37H. The van der Waals surface area contributed by atoms with Gasteiger partial charge in [0.05, 0.1) is 11.1 Å². The first-order valence-corrected chi connectivity index (χ1v) is 20.3. The predicted octanol–water partition coefficient (Wildman–Crippen LogP) is 15.4. The van der Waals surface area contributed by atoms with Gasteiger partial charge in [-0.05, 0) is 85.9 Å². The molecule has 0 atom stereocenters. The van der Waals surface area contributed by atoms with Crippen molar-refractivity contribution in [2.45, 2.75) is 5.41 Å². The molecule has 276 valence electrons. The van der Waals surface area contributed by atoms with Crippen LogP contribution in [0.5, 0.6) is 0 Å². The molecule has 1 aromatic heterocycles. The molecule has 10 aromatic carbocycles. The zero-order chi connectivity index (χ0) is 38.9. The average Bonchev–Trinajstić information content (AvgIpc) is 3.85. The molecule has 2 heteroatoms. The van der Waals surface area contributed by atoms with Crippen LogP contribution in [0.25, 0.3) is 65.7 Å². The van der Waals surface area contributed by atoms with Crippen molar-refractivity contribution in [1.82, 2.24) is 0 Å². The monoisotopic (exact) mass is 751 g/mol. The number of hydrogen-bond donors (Lipinski definition) is 0. The first-order chi connectivity index (χ1) is 29.3. The molecule has 59 heavy (non-hydrogen) atoms. The second-order valence-electron chi connectivity index (χ2n) is 15.6. The number of rotatable bonds is 6. The van der Waals surface area contributed by atoms with Crippen molar-refractivity contribution < 1.29 is 4.42 Å². The Morgan fingerprint density at radius 3 is 1.73 bits per heavy atom. The van der Waals surface area contributed by atoms with Crippen LogP contribution in [0.15, 0.2) is 229 Å². The molecule has 11 aromatic rings. The third-order valence-electron chi connectivity index (χ3n) is 12.5. The molecule has 2 nitrogen and oxygen atoms in total. The zero-order valence-electron chi connectivity index (χ0n) is 32.2. The Morgan fingerprint density at radius 1 is 0.356 bits per heavy atom. The van der Waals surface area contributed by atoms with E-state index in [0.29, 0.717) is 0 Å². The summed E-state index contributed by atoms with van der Waals surface area (Å²) in [7, 11) is 0. The highest BCUT2D eigenvalue weighted by atomic mass is 16.3. The fourth-order valence-electron chi connectivity index (χ4n) is 9.95. The highest BCUT2D eigenvalue weighted by Crippen LogP contribution is 2.59. The maximum Gasteiger partial charge on any atom is 0.143 e. The molecular formula is C57H37NO. The van der Waals surface area contributed by atoms with E-state index in [-0.39, 0.29) is 0 Å². The van der Waals surface area contributed by atoms with Gasteiger partial charge in [-0.3, -0.25) is 0 Å². The van der Waals surface area contributed by atoms with Gasteiger partial charge in [-0.1, -0.05) is 188 Å². The first kappa shape index (κ1) is 33.5. The van der Waals surface area contributed by atoms with E-state index in [0.717, 1.165) is 55.5 Å². The molecule has 0 radical (unpaired) electrons. The van der Waals surface area contributed by atoms with Crippen molar-refractivity contribution >= 4 is 60.5 Å². The summed E-state index contributed by atoms with van der Waals surface area (Å²) in [5.41, 5.74) is 14.4. The van der Waals surface area contributed by atoms with Crippen molar-refractivity contribution in [3.8, 4) is 22.3 Å². The minimum atomic E-state index is -0.500. The van der Waals surface area contributed by atoms with Crippen LogP contribution in [0.4, 0.5) is 17.1 Å². The van der Waals surface area contributed by atoms with E-state index < -0.39 is 5.41 Å². The fraction of sp³-hybridized carbons (Fsp3) is 0.0175. The van der Waals surface area contributed by atoms with Crippen LogP contribution in [0.3, 0.4) is 0 Å². The van der Waals surface area contributed by atoms with Crippen LogP contribution >= 0.6 is 0 Å². The van der Waals surface area contributed by atoms with E-state index in [9.17, 15) is 0 Å². The topological polar surface area (TPSA) is 16.4 Å². The van der Waals surface area contributed by atoms with Gasteiger partial charge in [-0.25, -0.2) is 0 Å². The summed E-state index contributed by atoms with van der Waals surface area (Å²) in [5.74, 6) is 0. The van der Waals surface area contributed by atoms with Crippen LogP contribution in [-0.2, 0) is 5.41 Å². The van der Waals surface area contributed by atoms with Crippen molar-refractivity contribution in [3.05, 3.63) is 247 Å². The lowest BCUT2D eigenvalue weighted by molar-refractivity contribution is 0.674. The van der Waals surface area contributed by atoms with Crippen molar-refractivity contribution in [2.75, 3.05) is 4.90 Å². The molecule has 0 aliphatic heterocycles. The summed E-state index contributed by atoms with van der Waals surface area (Å²) in [6.45, 7) is 0. The van der Waals surface area contributed by atoms with Gasteiger partial charge in [-0.15, -0.1) is 0 Å². The van der Waals surface area contributed by atoms with E-state index in [1.165, 1.54) is 49.5 Å². The molecule has 0 bridgehead atoms. The third-order valence-corrected chi connectivity index (χ3v) is 12.5. The highest BCUT2D eigenvalue weighted by Gasteiger charge is 2.47. The van der Waals surface area contributed by atoms with Crippen LogP contribution in [0.1, 0.15) is 22.3 Å². The quantitative estimate of drug-likeness (QED) is 0.168. The van der Waals surface area contributed by atoms with Gasteiger partial charge >= 0.3 is 0 Å². The van der Waals surface area contributed by atoms with Crippen molar-refractivity contribution in [3.63, 3.8) is 0 Å². The Morgan fingerprint density at radius 2 is 0.932 bits per heavy atom. The molecular weight excluding hydrogens is 715 g/mol. The smallest absolute Gasteiger partial charge is 0.143 e. The zero-order valence-corrected chi connectivity index (χ0v) is 32.2. The van der Waals surface area contributed by atoms with Crippen LogP contribution in [0.2, 0.25) is 0 Å². The van der Waals surface area contributed by atoms with Gasteiger partial charge in [0.15, 0.2) is 0 Å². The highest BCUT2D eigenvalue weighted by molar-refractivity contribution is 6.17. The van der Waals surface area contributed by atoms with Crippen LogP contribution in [0, 0.1) is 0 Å². The summed E-state index contributed by atoms with van der Waals surface area (Å²) >= 11 is 0. The number of para-hydroxylation sites is 1. The minimum absolute atomic E-state index is 0.500. The van der Waals surface area contributed by atoms with Gasteiger partial charge in [0.25, 0.3) is 0 Å². The van der Waals surface area contributed by atoms with Gasteiger partial charge < -0.3 is 9.32 Å². The Hall–Kier alpha value is -7.68. The first-order valence-electron chi connectivity index (χ1n) is 20.3. The molecule has 12 rings (SSSR count). The van der Waals surface area contributed by atoms with Gasteiger partial charge in [0.1, 0.15) is 11.2 Å². The third kappa shape index (κ3) is 5.00. The maximum absolute atomic E-state index is 6.77. The normalized spacial score (nSPS) is 12.9. The van der Waals surface area contributed by atoms with E-state index in [1.54, 1.807) is 0 Å². The number of hydrogen-bond acceptors (Lipinski definition) is 2. The number of anilines is 3. The van der Waals surface area contributed by atoms with Gasteiger partial charge in [0.2, 0.25) is 0 Å². The van der Waals surface area contributed by atoms with Crippen molar-refractivity contribution in [2.24, 2.45) is 0 Å². The molecule has 0 fully saturated rings. The lowest BCUT2D eigenvalue weighted by atomic mass is 9.68. The number of benzene rings is 10. The maximum atomic E-state index is 6.77. The van der Waals surface area contributed by atoms with Crippen molar-refractivity contribution in [1.29, 1.82) is 0 Å². The molecule has 0 saturated carbocycles. The Bertz CT molecular complexity index is 3340. The second-order valence-corrected chi connectivity index (χ2v) is 15.6. The minimum Gasteiger partial charge on any atom is -0.455 e. The van der Waals surface area contributed by atoms with E-state index in [2.05, 4.69) is 229 Å². The molecule has 1 aliphatic rings. The average molecular weight is 752 g/mol. The second kappa shape index (κ2) is 13.2. The van der Waals surface area contributed by atoms with Crippen LogP contribution in [-0.4, -0.2) is 0 Å². The summed E-state index contributed by atoms with van der Waals surface area (Å²) in [6.07, 6.45) is 0. The molecule has 0 N–H and O–H groups in total. The Balaban J connectivity index is 1.08. The molecule has 0 spiro atoms. The fourth-order valence-corrected chi connectivity index (χ4v) is 9.95. The molecule has 0 amide bonds. The predicted molar refractivity (Wildman–Crippen MR) is 246 cm³/mol. The van der Waals surface area contributed by atoms with Gasteiger partial charge in [0, 0.05) is 38.7 Å². The summed E-state index contributed by atoms with van der Waals surface area (Å²) in [4.78, 5) is 2.45. The SMILES string of the molecule is c1ccc(C2(c3ccccc3)c3ccccc3-c3c(N(c4ccc(-c5cccc6c5oc5c7ccccc7ccc65)cc4)c4ccc5ccccc5c4)cccc32)cc1. The molecule has 1 heterocycles. The van der Waals surface area contributed by atoms with Gasteiger partial charge in [-0.2, -0.15) is 0 Å². The van der Waals surface area contributed by atoms with E-state index in [1.807, 2.05) is 0 Å². The number of nitrogens with zero attached hydrogens (tertiary/aromatic N) is 1. The van der Waals surface area contributed by atoms with E-state index in [4.69, 9.17) is 4.42 Å². The summed E-state index contributed by atoms with van der Waals surface area (Å²) in [5, 5.41) is 7.00. The van der Waals surface area contributed by atoms with Crippen LogP contribution < -0.4 is 4.90 Å². The molecule has 1 aliphatic carbocycles. The Kier molecular flexibility index (Phi) is 7.48. The van der Waals surface area contributed by atoms with E-state index >= 15 is 0 Å². The Labute approximate surface area is 342 Å². The molecule has 0 saturated heterocycles. The number of furan rings is 1. The lowest BCUT2D eigenvalue weighted by Crippen LogP contribution is -2.28. The summed E-state index contributed by atoms with van der Waals surface area (Å²) < 4.78 is 6.77.